The summed E-state index contributed by atoms with van der Waals surface area (Å²) in [6, 6.07) is 11.7. The van der Waals surface area contributed by atoms with Gasteiger partial charge >= 0.3 is 0 Å². The van der Waals surface area contributed by atoms with E-state index < -0.39 is 0 Å². The molecule has 2 aromatic heterocycles. The lowest BCUT2D eigenvalue weighted by Crippen LogP contribution is -2.34. The van der Waals surface area contributed by atoms with Crippen LogP contribution in [0.25, 0.3) is 11.4 Å². The summed E-state index contributed by atoms with van der Waals surface area (Å²) >= 11 is 0. The molecule has 0 spiro atoms. The Hall–Kier alpha value is -3.22. The van der Waals surface area contributed by atoms with E-state index in [-0.39, 0.29) is 11.8 Å². The number of nitrogens with zero attached hydrogens (tertiary/aromatic N) is 3. The SMILES string of the molecule is O=C(CCc1nc(-c2ccncc2)no1)NCC1COc2ccccc2C1. The number of pyridine rings is 1. The predicted octanol–water partition coefficient (Wildman–Crippen LogP) is 2.43. The molecule has 7 heteroatoms. The standard InChI is InChI=1S/C20H20N4O3/c25-18(22-12-14-11-16-3-1-2-4-17(16)26-13-14)5-6-19-23-20(24-27-19)15-7-9-21-10-8-15/h1-4,7-10,14H,5-6,11-13H2,(H,22,25). The number of nitrogens with one attached hydrogen (secondary N) is 1. The molecule has 0 radical (unpaired) electrons. The van der Waals surface area contributed by atoms with Gasteiger partial charge in [0.15, 0.2) is 0 Å². The second-order valence-corrected chi connectivity index (χ2v) is 6.54. The van der Waals surface area contributed by atoms with Gasteiger partial charge in [0, 0.05) is 43.3 Å². The predicted molar refractivity (Wildman–Crippen MR) is 98.0 cm³/mol. The molecule has 1 aliphatic rings. The molecule has 138 valence electrons. The van der Waals surface area contributed by atoms with E-state index >= 15 is 0 Å². The molecule has 0 saturated carbocycles. The summed E-state index contributed by atoms with van der Waals surface area (Å²) < 4.78 is 11.0. The first-order chi connectivity index (χ1) is 13.3. The lowest BCUT2D eigenvalue weighted by molar-refractivity contribution is -0.121. The summed E-state index contributed by atoms with van der Waals surface area (Å²) in [5.74, 6) is 2.15. The van der Waals surface area contributed by atoms with Crippen molar-refractivity contribution < 1.29 is 14.1 Å². The highest BCUT2D eigenvalue weighted by Gasteiger charge is 2.20. The van der Waals surface area contributed by atoms with E-state index in [2.05, 4.69) is 26.5 Å². The van der Waals surface area contributed by atoms with Gasteiger partial charge in [-0.3, -0.25) is 9.78 Å². The number of hydrogen-bond acceptors (Lipinski definition) is 6. The maximum atomic E-state index is 12.1. The van der Waals surface area contributed by atoms with E-state index in [0.29, 0.717) is 37.7 Å². The molecular weight excluding hydrogens is 344 g/mol. The molecule has 0 aliphatic carbocycles. The molecule has 1 aliphatic heterocycles. The quantitative estimate of drug-likeness (QED) is 0.722. The normalized spacial score (nSPS) is 15.6. The fraction of sp³-hybridized carbons (Fsp3) is 0.300. The first-order valence-corrected chi connectivity index (χ1v) is 8.98. The Morgan fingerprint density at radius 1 is 1.19 bits per heavy atom. The van der Waals surface area contributed by atoms with Crippen molar-refractivity contribution in [2.24, 2.45) is 5.92 Å². The van der Waals surface area contributed by atoms with E-state index in [1.165, 1.54) is 5.56 Å². The summed E-state index contributed by atoms with van der Waals surface area (Å²) in [4.78, 5) is 20.4. The Labute approximate surface area is 156 Å². The molecule has 1 aromatic carbocycles. The van der Waals surface area contributed by atoms with Crippen molar-refractivity contribution in [3.05, 3.63) is 60.2 Å². The summed E-state index contributed by atoms with van der Waals surface area (Å²) in [6.07, 6.45) is 4.98. The molecule has 7 nitrogen and oxygen atoms in total. The van der Waals surface area contributed by atoms with Crippen LogP contribution in [-0.4, -0.2) is 34.2 Å². The van der Waals surface area contributed by atoms with Crippen LogP contribution in [0.2, 0.25) is 0 Å². The van der Waals surface area contributed by atoms with Gasteiger partial charge in [0.05, 0.1) is 6.61 Å². The Bertz CT molecular complexity index is 910. The highest BCUT2D eigenvalue weighted by atomic mass is 16.5. The third kappa shape index (κ3) is 4.31. The van der Waals surface area contributed by atoms with Crippen LogP contribution in [0.4, 0.5) is 0 Å². The number of aryl methyl sites for hydroxylation is 1. The van der Waals surface area contributed by atoms with Crippen molar-refractivity contribution in [1.29, 1.82) is 0 Å². The Morgan fingerprint density at radius 2 is 2.04 bits per heavy atom. The summed E-state index contributed by atoms with van der Waals surface area (Å²) in [6.45, 7) is 1.22. The number of fused-ring (bicyclic) bond motifs is 1. The third-order valence-electron chi connectivity index (χ3n) is 4.52. The average Bonchev–Trinajstić information content (AvgIpc) is 3.20. The van der Waals surface area contributed by atoms with Crippen LogP contribution in [0.1, 0.15) is 17.9 Å². The molecule has 4 rings (SSSR count). The van der Waals surface area contributed by atoms with E-state index in [4.69, 9.17) is 9.26 Å². The van der Waals surface area contributed by atoms with Crippen LogP contribution in [0.5, 0.6) is 5.75 Å². The van der Waals surface area contributed by atoms with Gasteiger partial charge in [0.25, 0.3) is 0 Å². The van der Waals surface area contributed by atoms with Crippen molar-refractivity contribution in [3.8, 4) is 17.1 Å². The highest BCUT2D eigenvalue weighted by molar-refractivity contribution is 5.76. The number of benzene rings is 1. The van der Waals surface area contributed by atoms with Crippen molar-refractivity contribution in [2.75, 3.05) is 13.2 Å². The number of amides is 1. The summed E-state index contributed by atoms with van der Waals surface area (Å²) in [5.41, 5.74) is 2.03. The smallest absolute Gasteiger partial charge is 0.227 e. The largest absolute Gasteiger partial charge is 0.493 e. The topological polar surface area (TPSA) is 90.1 Å². The van der Waals surface area contributed by atoms with Crippen LogP contribution >= 0.6 is 0 Å². The Kier molecular flexibility index (Phi) is 5.09. The molecule has 0 bridgehead atoms. The lowest BCUT2D eigenvalue weighted by Gasteiger charge is -2.25. The monoisotopic (exact) mass is 364 g/mol. The van der Waals surface area contributed by atoms with Gasteiger partial charge < -0.3 is 14.6 Å². The summed E-state index contributed by atoms with van der Waals surface area (Å²) in [5, 5.41) is 6.92. The Balaban J connectivity index is 1.23. The second kappa shape index (κ2) is 7.99. The van der Waals surface area contributed by atoms with Crippen LogP contribution in [-0.2, 0) is 17.6 Å². The molecule has 3 aromatic rings. The van der Waals surface area contributed by atoms with Gasteiger partial charge in [-0.15, -0.1) is 0 Å². The zero-order valence-electron chi connectivity index (χ0n) is 14.8. The van der Waals surface area contributed by atoms with E-state index in [1.807, 2.05) is 30.3 Å². The Morgan fingerprint density at radius 3 is 2.93 bits per heavy atom. The van der Waals surface area contributed by atoms with E-state index in [1.54, 1.807) is 12.4 Å². The van der Waals surface area contributed by atoms with Crippen LogP contribution in [0.15, 0.2) is 53.3 Å². The number of carbonyl (C=O) groups is 1. The molecule has 1 unspecified atom stereocenters. The number of hydrogen-bond donors (Lipinski definition) is 1. The number of para-hydroxylation sites is 1. The number of carbonyl (C=O) groups excluding carboxylic acids is 1. The maximum absolute atomic E-state index is 12.1. The van der Waals surface area contributed by atoms with Gasteiger partial charge in [-0.05, 0) is 30.2 Å². The highest BCUT2D eigenvalue weighted by Crippen LogP contribution is 2.26. The van der Waals surface area contributed by atoms with Crippen molar-refractivity contribution in [3.63, 3.8) is 0 Å². The van der Waals surface area contributed by atoms with Crippen molar-refractivity contribution in [1.82, 2.24) is 20.4 Å². The van der Waals surface area contributed by atoms with E-state index in [0.717, 1.165) is 17.7 Å². The molecule has 1 atom stereocenters. The zero-order chi connectivity index (χ0) is 18.5. The van der Waals surface area contributed by atoms with Crippen LogP contribution in [0, 0.1) is 5.92 Å². The molecule has 0 fully saturated rings. The van der Waals surface area contributed by atoms with Gasteiger partial charge in [0.2, 0.25) is 17.6 Å². The van der Waals surface area contributed by atoms with Crippen molar-refractivity contribution in [2.45, 2.75) is 19.3 Å². The minimum Gasteiger partial charge on any atom is -0.493 e. The fourth-order valence-corrected chi connectivity index (χ4v) is 3.06. The van der Waals surface area contributed by atoms with Gasteiger partial charge in [0.1, 0.15) is 5.75 Å². The maximum Gasteiger partial charge on any atom is 0.227 e. The molecule has 1 amide bonds. The van der Waals surface area contributed by atoms with Crippen molar-refractivity contribution >= 4 is 5.91 Å². The van der Waals surface area contributed by atoms with Gasteiger partial charge in [-0.2, -0.15) is 4.98 Å². The molecule has 0 saturated heterocycles. The van der Waals surface area contributed by atoms with Crippen LogP contribution < -0.4 is 10.1 Å². The zero-order valence-corrected chi connectivity index (χ0v) is 14.8. The van der Waals surface area contributed by atoms with Gasteiger partial charge in [-0.25, -0.2) is 0 Å². The first kappa shape index (κ1) is 17.2. The van der Waals surface area contributed by atoms with Crippen LogP contribution in [0.3, 0.4) is 0 Å². The minimum atomic E-state index is -0.0301. The third-order valence-corrected chi connectivity index (χ3v) is 4.52. The molecule has 27 heavy (non-hydrogen) atoms. The second-order valence-electron chi connectivity index (χ2n) is 6.54. The summed E-state index contributed by atoms with van der Waals surface area (Å²) in [7, 11) is 0. The fourth-order valence-electron chi connectivity index (χ4n) is 3.06. The first-order valence-electron chi connectivity index (χ1n) is 8.98. The van der Waals surface area contributed by atoms with E-state index in [9.17, 15) is 4.79 Å². The average molecular weight is 364 g/mol. The van der Waals surface area contributed by atoms with Gasteiger partial charge in [-0.1, -0.05) is 23.4 Å². The number of aromatic nitrogens is 3. The molecule has 3 heterocycles. The number of rotatable bonds is 6. The molecule has 1 N–H and O–H groups in total. The lowest BCUT2D eigenvalue weighted by atomic mass is 9.97. The molecular formula is C20H20N4O3. The number of ether oxygens (including phenoxy) is 1. The minimum absolute atomic E-state index is 0.0301.